The molecule has 0 spiro atoms. The molecule has 1 saturated heterocycles. The minimum Gasteiger partial charge on any atom is -0.396 e. The predicted octanol–water partition coefficient (Wildman–Crippen LogP) is 1.92. The molecule has 186 valence electrons. The van der Waals surface area contributed by atoms with Crippen LogP contribution >= 0.6 is 0 Å². The molecule has 2 aromatic heterocycles. The zero-order valence-corrected chi connectivity index (χ0v) is 19.8. The van der Waals surface area contributed by atoms with Crippen molar-refractivity contribution in [2.24, 2.45) is 11.8 Å². The van der Waals surface area contributed by atoms with Gasteiger partial charge < -0.3 is 19.9 Å². The number of benzene rings is 1. The third-order valence-corrected chi connectivity index (χ3v) is 7.20. The Bertz CT molecular complexity index is 1360. The number of fused-ring (bicyclic) bond motifs is 3. The summed E-state index contributed by atoms with van der Waals surface area (Å²) in [4.78, 5) is 45.9. The number of likely N-dealkylation sites (N-methyl/N-ethyl adjacent to an activating group) is 1. The van der Waals surface area contributed by atoms with Gasteiger partial charge in [-0.1, -0.05) is 18.2 Å². The second-order valence-corrected chi connectivity index (χ2v) is 9.23. The van der Waals surface area contributed by atoms with Crippen LogP contribution in [0.4, 0.5) is 4.39 Å². The summed E-state index contributed by atoms with van der Waals surface area (Å²) in [6.07, 6.45) is 3.26. The number of likely N-dealkylation sites (tertiary alicyclic amines) is 1. The van der Waals surface area contributed by atoms with Gasteiger partial charge in [-0.05, 0) is 48.4 Å². The Morgan fingerprint density at radius 3 is 2.72 bits per heavy atom. The van der Waals surface area contributed by atoms with E-state index in [1.54, 1.807) is 65.2 Å². The maximum absolute atomic E-state index is 13.8. The highest BCUT2D eigenvalue weighted by atomic mass is 19.1. The van der Waals surface area contributed by atoms with Crippen LogP contribution < -0.4 is 10.9 Å². The molecule has 3 aromatic rings. The van der Waals surface area contributed by atoms with Crippen molar-refractivity contribution in [3.05, 3.63) is 88.4 Å². The maximum Gasteiger partial charge on any atom is 0.258 e. The highest BCUT2D eigenvalue weighted by molar-refractivity contribution is 5.90. The molecule has 4 heterocycles. The number of pyridine rings is 2. The van der Waals surface area contributed by atoms with E-state index in [0.29, 0.717) is 28.9 Å². The van der Waals surface area contributed by atoms with Crippen LogP contribution in [0.25, 0.3) is 11.1 Å². The van der Waals surface area contributed by atoms with Gasteiger partial charge in [0.1, 0.15) is 11.9 Å². The van der Waals surface area contributed by atoms with Gasteiger partial charge in [0.15, 0.2) is 0 Å². The number of rotatable bonds is 6. The Balaban J connectivity index is 1.58. The van der Waals surface area contributed by atoms with Crippen LogP contribution in [-0.4, -0.2) is 50.6 Å². The number of halogens is 1. The summed E-state index contributed by atoms with van der Waals surface area (Å²) < 4.78 is 15.4. The smallest absolute Gasteiger partial charge is 0.258 e. The topological polar surface area (TPSA) is 105 Å². The Kier molecular flexibility index (Phi) is 6.40. The summed E-state index contributed by atoms with van der Waals surface area (Å²) in [5.41, 5.74) is 1.84. The van der Waals surface area contributed by atoms with Crippen LogP contribution in [0, 0.1) is 17.7 Å². The van der Waals surface area contributed by atoms with Gasteiger partial charge >= 0.3 is 0 Å². The molecule has 5 rings (SSSR count). The molecule has 9 heteroatoms. The lowest BCUT2D eigenvalue weighted by molar-refractivity contribution is -0.141. The number of carbonyl (C=O) groups is 2. The van der Waals surface area contributed by atoms with Crippen LogP contribution in [0.5, 0.6) is 0 Å². The van der Waals surface area contributed by atoms with Crippen molar-refractivity contribution >= 4 is 11.8 Å². The standard InChI is InChI=1S/C27H27FN4O4/c1-2-30-26(35)25-21(15-33)20-14-31-22(9-8-19(27(31)36)17-6-3-7-18(28)12-17)24(20)32(25)23(34)11-16-5-4-10-29-13-16/h3-10,12-13,20-21,24-25,33H,2,11,14-15H2,1H3,(H,30,35)/t20-,21-,24+,25-/m1/s1. The largest absolute Gasteiger partial charge is 0.396 e. The average molecular weight is 491 g/mol. The number of aliphatic hydroxyl groups excluding tert-OH is 1. The lowest BCUT2D eigenvalue weighted by Gasteiger charge is -2.31. The summed E-state index contributed by atoms with van der Waals surface area (Å²) in [5, 5.41) is 13.1. The molecule has 0 bridgehead atoms. The van der Waals surface area contributed by atoms with Gasteiger partial charge in [-0.3, -0.25) is 19.4 Å². The van der Waals surface area contributed by atoms with E-state index in [9.17, 15) is 23.9 Å². The normalized spacial score (nSPS) is 22.2. The summed E-state index contributed by atoms with van der Waals surface area (Å²) >= 11 is 0. The highest BCUT2D eigenvalue weighted by Crippen LogP contribution is 2.49. The molecule has 0 saturated carbocycles. The molecule has 1 aromatic carbocycles. The number of hydrogen-bond acceptors (Lipinski definition) is 5. The number of amides is 2. The summed E-state index contributed by atoms with van der Waals surface area (Å²) in [5.74, 6) is -1.91. The van der Waals surface area contributed by atoms with Gasteiger partial charge in [-0.25, -0.2) is 4.39 Å². The highest BCUT2D eigenvalue weighted by Gasteiger charge is 2.57. The molecule has 2 N–H and O–H groups in total. The zero-order chi connectivity index (χ0) is 25.4. The van der Waals surface area contributed by atoms with Crippen LogP contribution in [0.1, 0.15) is 24.2 Å². The van der Waals surface area contributed by atoms with E-state index in [2.05, 4.69) is 10.3 Å². The minimum atomic E-state index is -0.860. The first kappa shape index (κ1) is 23.9. The van der Waals surface area contributed by atoms with Gasteiger partial charge in [-0.15, -0.1) is 0 Å². The van der Waals surface area contributed by atoms with Gasteiger partial charge in [0.2, 0.25) is 11.8 Å². The summed E-state index contributed by atoms with van der Waals surface area (Å²) in [7, 11) is 0. The van der Waals surface area contributed by atoms with E-state index < -0.39 is 23.8 Å². The van der Waals surface area contributed by atoms with Gasteiger partial charge in [0, 0.05) is 55.2 Å². The van der Waals surface area contributed by atoms with E-state index in [4.69, 9.17) is 0 Å². The molecular weight excluding hydrogens is 463 g/mol. The van der Waals surface area contributed by atoms with E-state index in [-0.39, 0.29) is 42.9 Å². The second kappa shape index (κ2) is 9.66. The first-order chi connectivity index (χ1) is 17.4. The van der Waals surface area contributed by atoms with Crippen LogP contribution in [-0.2, 0) is 22.6 Å². The molecule has 4 atom stereocenters. The van der Waals surface area contributed by atoms with Crippen LogP contribution in [0.3, 0.4) is 0 Å². The molecule has 0 unspecified atom stereocenters. The fraction of sp³-hybridized carbons (Fsp3) is 0.333. The third kappa shape index (κ3) is 3.99. The Hall–Kier alpha value is -3.85. The molecule has 2 aliphatic rings. The molecule has 2 aliphatic heterocycles. The fourth-order valence-corrected chi connectivity index (χ4v) is 5.69. The molecule has 36 heavy (non-hydrogen) atoms. The van der Waals surface area contributed by atoms with E-state index in [1.807, 2.05) is 0 Å². The molecule has 2 amide bonds. The van der Waals surface area contributed by atoms with Crippen molar-refractivity contribution < 1.29 is 19.1 Å². The van der Waals surface area contributed by atoms with Crippen molar-refractivity contribution in [2.75, 3.05) is 13.2 Å². The van der Waals surface area contributed by atoms with Crippen molar-refractivity contribution in [1.82, 2.24) is 19.8 Å². The number of hydrogen-bond donors (Lipinski definition) is 2. The lowest BCUT2D eigenvalue weighted by atomic mass is 9.88. The SMILES string of the molecule is CCNC(=O)[C@H]1[C@H](CO)[C@H]2Cn3c(ccc(-c4cccc(F)c4)c3=O)[C@H]2N1C(=O)Cc1cccnc1. The quantitative estimate of drug-likeness (QED) is 0.550. The van der Waals surface area contributed by atoms with Crippen molar-refractivity contribution in [2.45, 2.75) is 32.0 Å². The number of aromatic nitrogens is 2. The summed E-state index contributed by atoms with van der Waals surface area (Å²) in [6.45, 7) is 2.13. The predicted molar refractivity (Wildman–Crippen MR) is 130 cm³/mol. The molecule has 1 fully saturated rings. The molecular formula is C27H27FN4O4. The Morgan fingerprint density at radius 2 is 2.03 bits per heavy atom. The Morgan fingerprint density at radius 1 is 1.19 bits per heavy atom. The average Bonchev–Trinajstić information content (AvgIpc) is 3.40. The second-order valence-electron chi connectivity index (χ2n) is 9.23. The molecule has 0 radical (unpaired) electrons. The number of nitrogens with one attached hydrogen (secondary N) is 1. The first-order valence-electron chi connectivity index (χ1n) is 12.0. The van der Waals surface area contributed by atoms with Crippen LogP contribution in [0.15, 0.2) is 65.7 Å². The van der Waals surface area contributed by atoms with Crippen molar-refractivity contribution in [3.63, 3.8) is 0 Å². The molecule has 0 aliphatic carbocycles. The molecule has 8 nitrogen and oxygen atoms in total. The maximum atomic E-state index is 13.8. The first-order valence-corrected chi connectivity index (χ1v) is 12.0. The zero-order valence-electron chi connectivity index (χ0n) is 19.8. The fourth-order valence-electron chi connectivity index (χ4n) is 5.69. The Labute approximate surface area is 207 Å². The minimum absolute atomic E-state index is 0.0384. The number of carbonyl (C=O) groups excluding carboxylic acids is 2. The van der Waals surface area contributed by atoms with E-state index >= 15 is 0 Å². The summed E-state index contributed by atoms with van der Waals surface area (Å²) in [6, 6.07) is 11.4. The van der Waals surface area contributed by atoms with Crippen molar-refractivity contribution in [3.8, 4) is 11.1 Å². The van der Waals surface area contributed by atoms with Crippen molar-refractivity contribution in [1.29, 1.82) is 0 Å². The van der Waals surface area contributed by atoms with E-state index in [1.165, 1.54) is 12.1 Å². The monoisotopic (exact) mass is 490 g/mol. The third-order valence-electron chi connectivity index (χ3n) is 7.20. The van der Waals surface area contributed by atoms with Crippen LogP contribution in [0.2, 0.25) is 0 Å². The van der Waals surface area contributed by atoms with Gasteiger partial charge in [-0.2, -0.15) is 0 Å². The number of aliphatic hydroxyl groups is 1. The lowest BCUT2D eigenvalue weighted by Crippen LogP contribution is -2.50. The van der Waals surface area contributed by atoms with E-state index in [0.717, 1.165) is 0 Å². The van der Waals surface area contributed by atoms with Gasteiger partial charge in [0.05, 0.1) is 12.5 Å². The number of nitrogens with zero attached hydrogens (tertiary/aromatic N) is 3. The van der Waals surface area contributed by atoms with Gasteiger partial charge in [0.25, 0.3) is 5.56 Å².